The van der Waals surface area contributed by atoms with Gasteiger partial charge < -0.3 is 0 Å². The first kappa shape index (κ1) is 10.9. The predicted molar refractivity (Wildman–Crippen MR) is 73.5 cm³/mol. The molecule has 0 amide bonds. The lowest BCUT2D eigenvalue weighted by molar-refractivity contribution is 1.39. The third-order valence-corrected chi connectivity index (χ3v) is 4.73. The van der Waals surface area contributed by atoms with Crippen molar-refractivity contribution in [1.82, 2.24) is 0 Å². The molecule has 0 saturated heterocycles. The largest absolute Gasteiger partial charge is 0.143 e. The first-order chi connectivity index (χ1) is 6.76. The molecular formula is C10H9BrS3. The van der Waals surface area contributed by atoms with Gasteiger partial charge in [0.25, 0.3) is 0 Å². The Bertz CT molecular complexity index is 462. The summed E-state index contributed by atoms with van der Waals surface area (Å²) >= 11 is 11.6. The van der Waals surface area contributed by atoms with E-state index >= 15 is 0 Å². The molecular weight excluding hydrogens is 296 g/mol. The summed E-state index contributed by atoms with van der Waals surface area (Å²) in [6.07, 6.45) is 2.09. The summed E-state index contributed by atoms with van der Waals surface area (Å²) in [6.45, 7) is 0. The van der Waals surface area contributed by atoms with E-state index in [2.05, 4.69) is 52.3 Å². The Labute approximate surface area is 106 Å². The van der Waals surface area contributed by atoms with Gasteiger partial charge in [-0.15, -0.1) is 35.7 Å². The van der Waals surface area contributed by atoms with E-state index in [4.69, 9.17) is 0 Å². The van der Waals surface area contributed by atoms with Crippen LogP contribution in [-0.4, -0.2) is 6.26 Å². The molecule has 0 N–H and O–H groups in total. The lowest BCUT2D eigenvalue weighted by Gasteiger charge is -2.01. The molecule has 1 aromatic heterocycles. The van der Waals surface area contributed by atoms with Crippen molar-refractivity contribution in [2.75, 3.05) is 6.26 Å². The molecule has 2 rings (SSSR count). The van der Waals surface area contributed by atoms with Gasteiger partial charge in [0.2, 0.25) is 0 Å². The fourth-order valence-corrected chi connectivity index (χ4v) is 4.19. The quantitative estimate of drug-likeness (QED) is 0.472. The van der Waals surface area contributed by atoms with Crippen molar-refractivity contribution in [3.8, 4) is 0 Å². The third-order valence-electron chi connectivity index (χ3n) is 2.08. The number of hydrogen-bond acceptors (Lipinski definition) is 3. The van der Waals surface area contributed by atoms with Crippen molar-refractivity contribution in [2.45, 2.75) is 15.1 Å². The Balaban J connectivity index is 2.72. The fourth-order valence-electron chi connectivity index (χ4n) is 1.40. The molecule has 0 aliphatic rings. The number of thiol groups is 1. The predicted octanol–water partition coefficient (Wildman–Crippen LogP) is 4.81. The minimum Gasteiger partial charge on any atom is -0.143 e. The molecule has 0 spiro atoms. The highest BCUT2D eigenvalue weighted by atomic mass is 79.9. The molecule has 4 heteroatoms. The second-order valence-electron chi connectivity index (χ2n) is 2.91. The standard InChI is InChI=1S/C10H9BrS3/c1-13-7-2-8(12)10-6(4-11)5-14-9(10)3-7/h2-3,5,12H,4H2,1H3. The number of fused-ring (bicyclic) bond motifs is 1. The van der Waals surface area contributed by atoms with Crippen LogP contribution in [0.4, 0.5) is 0 Å². The lowest BCUT2D eigenvalue weighted by atomic mass is 10.2. The topological polar surface area (TPSA) is 0 Å². The highest BCUT2D eigenvalue weighted by Crippen LogP contribution is 2.35. The third kappa shape index (κ3) is 1.85. The molecule has 14 heavy (non-hydrogen) atoms. The van der Waals surface area contributed by atoms with Gasteiger partial charge in [-0.3, -0.25) is 0 Å². The fraction of sp³-hybridized carbons (Fsp3) is 0.200. The van der Waals surface area contributed by atoms with Crippen molar-refractivity contribution in [2.24, 2.45) is 0 Å². The van der Waals surface area contributed by atoms with Crippen molar-refractivity contribution in [3.05, 3.63) is 23.1 Å². The first-order valence-electron chi connectivity index (χ1n) is 4.09. The first-order valence-corrected chi connectivity index (χ1v) is 7.76. The summed E-state index contributed by atoms with van der Waals surface area (Å²) in [5.74, 6) is 0. The summed E-state index contributed by atoms with van der Waals surface area (Å²) in [5.41, 5.74) is 1.34. The molecule has 2 aromatic rings. The van der Waals surface area contributed by atoms with Crippen LogP contribution < -0.4 is 0 Å². The van der Waals surface area contributed by atoms with Gasteiger partial charge in [0, 0.05) is 25.2 Å². The number of hydrogen-bond donors (Lipinski definition) is 1. The van der Waals surface area contributed by atoms with Crippen LogP contribution in [0.15, 0.2) is 27.3 Å². The van der Waals surface area contributed by atoms with Crippen LogP contribution in [-0.2, 0) is 5.33 Å². The summed E-state index contributed by atoms with van der Waals surface area (Å²) < 4.78 is 1.33. The van der Waals surface area contributed by atoms with Crippen molar-refractivity contribution < 1.29 is 0 Å². The van der Waals surface area contributed by atoms with Gasteiger partial charge in [0.1, 0.15) is 0 Å². The summed E-state index contributed by atoms with van der Waals surface area (Å²) in [4.78, 5) is 2.37. The molecule has 0 aliphatic heterocycles. The van der Waals surface area contributed by atoms with Crippen LogP contribution in [0.5, 0.6) is 0 Å². The SMILES string of the molecule is CSc1cc(S)c2c(CBr)csc2c1. The van der Waals surface area contributed by atoms with Gasteiger partial charge in [-0.2, -0.15) is 0 Å². The number of rotatable bonds is 2. The average molecular weight is 305 g/mol. The van der Waals surface area contributed by atoms with Gasteiger partial charge >= 0.3 is 0 Å². The summed E-state index contributed by atoms with van der Waals surface area (Å²) in [5, 5.41) is 4.40. The molecule has 0 saturated carbocycles. The molecule has 0 atom stereocenters. The maximum atomic E-state index is 4.54. The van der Waals surface area contributed by atoms with E-state index in [0.717, 1.165) is 10.2 Å². The summed E-state index contributed by atoms with van der Waals surface area (Å²) in [7, 11) is 0. The van der Waals surface area contributed by atoms with E-state index in [0.29, 0.717) is 0 Å². The molecule has 1 aromatic carbocycles. The molecule has 0 unspecified atom stereocenters. The van der Waals surface area contributed by atoms with Crippen LogP contribution in [0.25, 0.3) is 10.1 Å². The second-order valence-corrected chi connectivity index (χ2v) is 5.75. The Morgan fingerprint density at radius 3 is 2.93 bits per heavy atom. The van der Waals surface area contributed by atoms with E-state index in [-0.39, 0.29) is 0 Å². The molecule has 0 aliphatic carbocycles. The van der Waals surface area contributed by atoms with Gasteiger partial charge in [-0.1, -0.05) is 15.9 Å². The maximum absolute atomic E-state index is 4.54. The van der Waals surface area contributed by atoms with Crippen LogP contribution in [0.1, 0.15) is 5.56 Å². The van der Waals surface area contributed by atoms with E-state index in [9.17, 15) is 0 Å². The molecule has 0 bridgehead atoms. The van der Waals surface area contributed by atoms with E-state index in [1.807, 2.05) is 0 Å². The van der Waals surface area contributed by atoms with Crippen LogP contribution in [0, 0.1) is 0 Å². The molecule has 74 valence electrons. The highest BCUT2D eigenvalue weighted by Gasteiger charge is 2.07. The maximum Gasteiger partial charge on any atom is 0.0368 e. The Hall–Kier alpha value is 0.360. The van der Waals surface area contributed by atoms with E-state index in [1.165, 1.54) is 20.5 Å². The van der Waals surface area contributed by atoms with Gasteiger partial charge in [0.05, 0.1) is 0 Å². The number of alkyl halides is 1. The second kappa shape index (κ2) is 4.47. The minimum absolute atomic E-state index is 0.902. The molecule has 0 nitrogen and oxygen atoms in total. The number of thioether (sulfide) groups is 1. The van der Waals surface area contributed by atoms with Crippen LogP contribution in [0.2, 0.25) is 0 Å². The zero-order valence-corrected chi connectivity index (χ0v) is 11.7. The average Bonchev–Trinajstić information content (AvgIpc) is 2.61. The monoisotopic (exact) mass is 304 g/mol. The molecule has 0 radical (unpaired) electrons. The minimum atomic E-state index is 0.902. The molecule has 1 heterocycles. The van der Waals surface area contributed by atoms with Gasteiger partial charge in [-0.05, 0) is 29.3 Å². The van der Waals surface area contributed by atoms with Crippen molar-refractivity contribution in [1.29, 1.82) is 0 Å². The Morgan fingerprint density at radius 1 is 1.50 bits per heavy atom. The van der Waals surface area contributed by atoms with E-state index < -0.39 is 0 Å². The van der Waals surface area contributed by atoms with E-state index in [1.54, 1.807) is 23.1 Å². The normalized spacial score (nSPS) is 11.1. The Morgan fingerprint density at radius 2 is 2.29 bits per heavy atom. The lowest BCUT2D eigenvalue weighted by Crippen LogP contribution is -1.77. The van der Waals surface area contributed by atoms with Crippen LogP contribution in [0.3, 0.4) is 0 Å². The van der Waals surface area contributed by atoms with Crippen molar-refractivity contribution >= 4 is 61.7 Å². The number of benzene rings is 1. The van der Waals surface area contributed by atoms with Crippen molar-refractivity contribution in [3.63, 3.8) is 0 Å². The molecule has 0 fully saturated rings. The smallest absolute Gasteiger partial charge is 0.0368 e. The summed E-state index contributed by atoms with van der Waals surface area (Å²) in [6, 6.07) is 4.37. The Kier molecular flexibility index (Phi) is 3.47. The van der Waals surface area contributed by atoms with Gasteiger partial charge in [0.15, 0.2) is 0 Å². The zero-order chi connectivity index (χ0) is 10.1. The number of halogens is 1. The van der Waals surface area contributed by atoms with Crippen LogP contribution >= 0.6 is 51.7 Å². The van der Waals surface area contributed by atoms with Gasteiger partial charge in [-0.25, -0.2) is 0 Å². The highest BCUT2D eigenvalue weighted by molar-refractivity contribution is 9.08. The zero-order valence-electron chi connectivity index (χ0n) is 7.58. The number of thiophene rings is 1.